The average molecular weight is 295 g/mol. The number of benzene rings is 1. The number of hydrogen-bond donors (Lipinski definition) is 1. The van der Waals surface area contributed by atoms with Crippen LogP contribution < -0.4 is 9.47 Å². The highest BCUT2D eigenvalue weighted by molar-refractivity contribution is 6.31. The van der Waals surface area contributed by atoms with Crippen LogP contribution in [0.5, 0.6) is 11.5 Å². The van der Waals surface area contributed by atoms with Gasteiger partial charge in [0.25, 0.3) is 0 Å². The second-order valence-corrected chi connectivity index (χ2v) is 5.15. The van der Waals surface area contributed by atoms with Crippen LogP contribution in [-0.4, -0.2) is 18.3 Å². The first kappa shape index (κ1) is 13.3. The number of hydrogen-bond acceptors (Lipinski definition) is 4. The molecular formula is C15H15ClO4. The number of aliphatic hydroxyl groups is 1. The SMILES string of the molecule is Cc1ccoc1C(O)c1cc2c(cc1Cl)OCCCO2. The number of rotatable bonds is 2. The van der Waals surface area contributed by atoms with E-state index in [1.165, 1.54) is 0 Å². The zero-order chi connectivity index (χ0) is 14.1. The minimum Gasteiger partial charge on any atom is -0.490 e. The van der Waals surface area contributed by atoms with Crippen LogP contribution in [-0.2, 0) is 0 Å². The van der Waals surface area contributed by atoms with Gasteiger partial charge in [-0.15, -0.1) is 0 Å². The van der Waals surface area contributed by atoms with Crippen LogP contribution in [0.1, 0.15) is 29.4 Å². The molecule has 1 aromatic heterocycles. The van der Waals surface area contributed by atoms with E-state index in [2.05, 4.69) is 0 Å². The average Bonchev–Trinajstić information content (AvgIpc) is 2.72. The van der Waals surface area contributed by atoms with Crippen molar-refractivity contribution in [1.82, 2.24) is 0 Å². The molecule has 0 fully saturated rings. The van der Waals surface area contributed by atoms with E-state index in [1.54, 1.807) is 24.5 Å². The first-order valence-electron chi connectivity index (χ1n) is 6.48. The molecule has 2 aromatic rings. The lowest BCUT2D eigenvalue weighted by Gasteiger charge is -2.15. The largest absolute Gasteiger partial charge is 0.490 e. The zero-order valence-electron chi connectivity index (χ0n) is 11.1. The van der Waals surface area contributed by atoms with Gasteiger partial charge in [-0.2, -0.15) is 0 Å². The maximum atomic E-state index is 10.4. The van der Waals surface area contributed by atoms with Crippen LogP contribution in [0.15, 0.2) is 28.9 Å². The zero-order valence-corrected chi connectivity index (χ0v) is 11.8. The van der Waals surface area contributed by atoms with Crippen molar-refractivity contribution in [3.8, 4) is 11.5 Å². The fourth-order valence-corrected chi connectivity index (χ4v) is 2.47. The lowest BCUT2D eigenvalue weighted by atomic mass is 10.0. The summed E-state index contributed by atoms with van der Waals surface area (Å²) in [6.07, 6.45) is 1.45. The number of halogens is 1. The van der Waals surface area contributed by atoms with Gasteiger partial charge >= 0.3 is 0 Å². The monoisotopic (exact) mass is 294 g/mol. The molecule has 0 aliphatic carbocycles. The van der Waals surface area contributed by atoms with E-state index < -0.39 is 6.10 Å². The lowest BCUT2D eigenvalue weighted by molar-refractivity contribution is 0.188. The smallest absolute Gasteiger partial charge is 0.162 e. The van der Waals surface area contributed by atoms with Gasteiger partial charge in [0, 0.05) is 18.1 Å². The summed E-state index contributed by atoms with van der Waals surface area (Å²) in [5.74, 6) is 1.70. The highest BCUT2D eigenvalue weighted by Gasteiger charge is 2.22. The Balaban J connectivity index is 2.01. The number of furan rings is 1. The Labute approximate surface area is 121 Å². The van der Waals surface area contributed by atoms with Crippen molar-refractivity contribution < 1.29 is 19.0 Å². The summed E-state index contributed by atoms with van der Waals surface area (Å²) in [6.45, 7) is 3.06. The molecule has 20 heavy (non-hydrogen) atoms. The molecule has 1 N–H and O–H groups in total. The van der Waals surface area contributed by atoms with Gasteiger partial charge in [-0.1, -0.05) is 11.6 Å². The Morgan fingerprint density at radius 1 is 1.20 bits per heavy atom. The first-order valence-corrected chi connectivity index (χ1v) is 6.85. The number of aryl methyl sites for hydroxylation is 1. The standard InChI is InChI=1S/C15H15ClO4/c1-9-3-6-20-15(9)14(17)10-7-12-13(8-11(10)16)19-5-2-4-18-12/h3,6-8,14,17H,2,4-5H2,1H3. The Morgan fingerprint density at radius 2 is 1.90 bits per heavy atom. The molecule has 1 unspecified atom stereocenters. The van der Waals surface area contributed by atoms with Crippen molar-refractivity contribution in [2.45, 2.75) is 19.4 Å². The molecule has 0 radical (unpaired) electrons. The molecule has 3 rings (SSSR count). The van der Waals surface area contributed by atoms with Crippen molar-refractivity contribution in [3.63, 3.8) is 0 Å². The molecular weight excluding hydrogens is 280 g/mol. The van der Waals surface area contributed by atoms with Gasteiger partial charge in [-0.25, -0.2) is 0 Å². The molecule has 0 bridgehead atoms. The van der Waals surface area contributed by atoms with E-state index in [0.717, 1.165) is 12.0 Å². The molecule has 5 heteroatoms. The van der Waals surface area contributed by atoms with Gasteiger partial charge in [-0.05, 0) is 24.6 Å². The lowest BCUT2D eigenvalue weighted by Crippen LogP contribution is -2.02. The highest BCUT2D eigenvalue weighted by Crippen LogP contribution is 2.39. The Bertz CT molecular complexity index is 620. The molecule has 0 amide bonds. The van der Waals surface area contributed by atoms with Crippen molar-refractivity contribution in [1.29, 1.82) is 0 Å². The molecule has 4 nitrogen and oxygen atoms in total. The third kappa shape index (κ3) is 2.37. The highest BCUT2D eigenvalue weighted by atomic mass is 35.5. The van der Waals surface area contributed by atoms with Crippen molar-refractivity contribution in [3.05, 3.63) is 46.4 Å². The van der Waals surface area contributed by atoms with E-state index >= 15 is 0 Å². The normalized spacial score (nSPS) is 15.8. The molecule has 0 saturated carbocycles. The summed E-state index contributed by atoms with van der Waals surface area (Å²) < 4.78 is 16.5. The number of ether oxygens (including phenoxy) is 2. The Morgan fingerprint density at radius 3 is 2.55 bits per heavy atom. The fourth-order valence-electron chi connectivity index (χ4n) is 2.21. The van der Waals surface area contributed by atoms with E-state index in [4.69, 9.17) is 25.5 Å². The number of fused-ring (bicyclic) bond motifs is 1. The maximum Gasteiger partial charge on any atom is 0.162 e. The third-order valence-electron chi connectivity index (χ3n) is 3.31. The second kappa shape index (κ2) is 5.38. The molecule has 1 aliphatic heterocycles. The minimum atomic E-state index is -0.922. The van der Waals surface area contributed by atoms with Crippen molar-refractivity contribution in [2.75, 3.05) is 13.2 Å². The second-order valence-electron chi connectivity index (χ2n) is 4.74. The minimum absolute atomic E-state index is 0.428. The predicted molar refractivity (Wildman–Crippen MR) is 74.6 cm³/mol. The van der Waals surface area contributed by atoms with E-state index in [1.807, 2.05) is 6.92 Å². The summed E-state index contributed by atoms with van der Waals surface area (Å²) >= 11 is 6.24. The van der Waals surface area contributed by atoms with Crippen LogP contribution >= 0.6 is 11.6 Å². The van der Waals surface area contributed by atoms with Crippen LogP contribution in [0.3, 0.4) is 0 Å². The molecule has 1 aliphatic rings. The van der Waals surface area contributed by atoms with Gasteiger partial charge in [0.2, 0.25) is 0 Å². The first-order chi connectivity index (χ1) is 9.66. The number of aliphatic hydroxyl groups excluding tert-OH is 1. The predicted octanol–water partition coefficient (Wildman–Crippen LogP) is 3.48. The van der Waals surface area contributed by atoms with Crippen LogP contribution in [0.4, 0.5) is 0 Å². The Hall–Kier alpha value is -1.65. The quantitative estimate of drug-likeness (QED) is 0.921. The van der Waals surface area contributed by atoms with Gasteiger partial charge in [0.1, 0.15) is 11.9 Å². The molecule has 0 saturated heterocycles. The van der Waals surface area contributed by atoms with E-state index in [9.17, 15) is 5.11 Å². The van der Waals surface area contributed by atoms with Gasteiger partial charge in [0.05, 0.1) is 24.5 Å². The van der Waals surface area contributed by atoms with E-state index in [0.29, 0.717) is 41.1 Å². The van der Waals surface area contributed by atoms with Crippen molar-refractivity contribution in [2.24, 2.45) is 0 Å². The van der Waals surface area contributed by atoms with Crippen LogP contribution in [0, 0.1) is 6.92 Å². The topological polar surface area (TPSA) is 51.8 Å². The van der Waals surface area contributed by atoms with Gasteiger partial charge < -0.3 is 19.0 Å². The summed E-state index contributed by atoms with van der Waals surface area (Å²) in [7, 11) is 0. The summed E-state index contributed by atoms with van der Waals surface area (Å²) in [5.41, 5.74) is 1.43. The molecule has 2 heterocycles. The van der Waals surface area contributed by atoms with Crippen molar-refractivity contribution >= 4 is 11.6 Å². The van der Waals surface area contributed by atoms with Crippen LogP contribution in [0.25, 0.3) is 0 Å². The summed E-state index contributed by atoms with van der Waals surface area (Å²) in [5, 5.41) is 10.9. The molecule has 106 valence electrons. The van der Waals surface area contributed by atoms with Gasteiger partial charge in [0.15, 0.2) is 11.5 Å². The third-order valence-corrected chi connectivity index (χ3v) is 3.64. The molecule has 1 atom stereocenters. The maximum absolute atomic E-state index is 10.4. The fraction of sp³-hybridized carbons (Fsp3) is 0.333. The molecule has 0 spiro atoms. The summed E-state index contributed by atoms with van der Waals surface area (Å²) in [4.78, 5) is 0. The van der Waals surface area contributed by atoms with E-state index in [-0.39, 0.29) is 0 Å². The summed E-state index contributed by atoms with van der Waals surface area (Å²) in [6, 6.07) is 5.20. The van der Waals surface area contributed by atoms with Gasteiger partial charge in [-0.3, -0.25) is 0 Å². The van der Waals surface area contributed by atoms with Crippen LogP contribution in [0.2, 0.25) is 5.02 Å². The Kier molecular flexibility index (Phi) is 3.59. The molecule has 1 aromatic carbocycles.